The zero-order valence-corrected chi connectivity index (χ0v) is 25.9. The van der Waals surface area contributed by atoms with Gasteiger partial charge in [0.25, 0.3) is 32.9 Å². The molecule has 5 rings (SSSR count). The molecular weight excluding hydrogens is 622 g/mol. The van der Waals surface area contributed by atoms with Crippen molar-refractivity contribution in [1.29, 1.82) is 0 Å². The second-order valence-electron chi connectivity index (χ2n) is 10.3. The topological polar surface area (TPSA) is 173 Å². The van der Waals surface area contributed by atoms with Gasteiger partial charge in [-0.2, -0.15) is 8.42 Å². The number of sulfonamides is 1. The average molecular weight is 650 g/mol. The minimum Gasteiger partial charge on any atom is -0.486 e. The highest BCUT2D eigenvalue weighted by molar-refractivity contribution is 7.90. The van der Waals surface area contributed by atoms with E-state index in [4.69, 9.17) is 16.7 Å². The van der Waals surface area contributed by atoms with Crippen LogP contribution in [0.2, 0.25) is 0 Å². The Morgan fingerprint density at radius 2 is 1.67 bits per heavy atom. The molecule has 1 aliphatic rings. The van der Waals surface area contributed by atoms with Crippen molar-refractivity contribution in [2.45, 2.75) is 37.8 Å². The van der Waals surface area contributed by atoms with Crippen molar-refractivity contribution >= 4 is 56.2 Å². The number of nitro benzene ring substituents is 1. The third-order valence-corrected chi connectivity index (χ3v) is 8.77. The number of carbonyl (C=O) groups is 2. The van der Waals surface area contributed by atoms with Crippen molar-refractivity contribution in [2.24, 2.45) is 11.4 Å². The van der Waals surface area contributed by atoms with Gasteiger partial charge >= 0.3 is 0 Å². The summed E-state index contributed by atoms with van der Waals surface area (Å²) in [5, 5.41) is 17.5. The largest absolute Gasteiger partial charge is 0.486 e. The Morgan fingerprint density at radius 3 is 2.27 bits per heavy atom. The number of benzene rings is 3. The van der Waals surface area contributed by atoms with Gasteiger partial charge in [0.05, 0.1) is 21.9 Å². The Bertz CT molecular complexity index is 1970. The second-order valence-corrected chi connectivity index (χ2v) is 12.3. The number of carbonyl (C=O) groups excluding carboxylic acids is 2. The van der Waals surface area contributed by atoms with E-state index in [2.05, 4.69) is 15.0 Å². The maximum atomic E-state index is 13.8. The number of hydrogen-bond donors (Lipinski definition) is 1. The predicted molar refractivity (Wildman–Crippen MR) is 164 cm³/mol. The highest BCUT2D eigenvalue weighted by Gasteiger charge is 2.45. The van der Waals surface area contributed by atoms with E-state index in [1.54, 1.807) is 24.3 Å². The predicted octanol–water partition coefficient (Wildman–Crippen LogP) is 2.41. The van der Waals surface area contributed by atoms with Gasteiger partial charge in [-0.1, -0.05) is 35.4 Å². The lowest BCUT2D eigenvalue weighted by Crippen LogP contribution is -2.45. The molecule has 4 aromatic rings. The van der Waals surface area contributed by atoms with Crippen LogP contribution in [0.1, 0.15) is 23.2 Å². The number of non-ortho nitro benzene ring substituents is 1. The van der Waals surface area contributed by atoms with Gasteiger partial charge in [-0.05, 0) is 62.5 Å². The summed E-state index contributed by atoms with van der Waals surface area (Å²) in [6.07, 6.45) is -0.346. The molecule has 3 aromatic carbocycles. The van der Waals surface area contributed by atoms with Gasteiger partial charge in [-0.3, -0.25) is 29.9 Å². The smallest absolute Gasteiger partial charge is 0.289 e. The molecule has 0 bridgehead atoms. The van der Waals surface area contributed by atoms with Crippen LogP contribution >= 0.6 is 12.2 Å². The van der Waals surface area contributed by atoms with Crippen LogP contribution in [0.3, 0.4) is 0 Å². The molecule has 1 aliphatic heterocycles. The molecule has 2 amide bonds. The maximum Gasteiger partial charge on any atom is 0.289 e. The molecule has 1 unspecified atom stereocenters. The van der Waals surface area contributed by atoms with Crippen molar-refractivity contribution in [2.75, 3.05) is 10.2 Å². The molecule has 1 N–H and O–H groups in total. The Hall–Kier alpha value is -5.22. The van der Waals surface area contributed by atoms with Crippen LogP contribution in [-0.2, 0) is 33.2 Å². The molecule has 1 aromatic heterocycles. The summed E-state index contributed by atoms with van der Waals surface area (Å²) in [6.45, 7) is 3.54. The number of hydrogen-bond acceptors (Lipinski definition) is 8. The zero-order valence-electron chi connectivity index (χ0n) is 24.3. The minimum absolute atomic E-state index is 0.0451. The fourth-order valence-electron chi connectivity index (χ4n) is 4.61. The van der Waals surface area contributed by atoms with E-state index in [-0.39, 0.29) is 39.9 Å². The average Bonchev–Trinajstić information content (AvgIpc) is 3.44. The summed E-state index contributed by atoms with van der Waals surface area (Å²) in [6, 6.07) is 17.4. The zero-order chi connectivity index (χ0) is 32.5. The molecule has 14 nitrogen and oxygen atoms in total. The normalized spacial score (nSPS) is 15.5. The number of aryl methyl sites for hydroxylation is 3. The molecule has 0 aliphatic carbocycles. The van der Waals surface area contributed by atoms with E-state index in [9.17, 15) is 28.1 Å². The van der Waals surface area contributed by atoms with Crippen LogP contribution in [0.5, 0.6) is 0 Å². The van der Waals surface area contributed by atoms with Crippen LogP contribution in [0, 0.1) is 24.0 Å². The lowest BCUT2D eigenvalue weighted by Gasteiger charge is -2.22. The van der Waals surface area contributed by atoms with E-state index in [0.717, 1.165) is 11.1 Å². The van der Waals surface area contributed by atoms with Gasteiger partial charge in [0.2, 0.25) is 5.91 Å². The van der Waals surface area contributed by atoms with Gasteiger partial charge in [-0.25, -0.2) is 4.68 Å². The van der Waals surface area contributed by atoms with Gasteiger partial charge in [-0.15, -0.1) is 4.40 Å². The molecule has 232 valence electrons. The number of rotatable bonds is 9. The van der Waals surface area contributed by atoms with Gasteiger partial charge in [0.15, 0.2) is 5.11 Å². The van der Waals surface area contributed by atoms with Crippen molar-refractivity contribution in [1.82, 2.24) is 10.2 Å². The first-order valence-corrected chi connectivity index (χ1v) is 15.3. The monoisotopic (exact) mass is 649 g/mol. The number of nitro groups is 1. The maximum absolute atomic E-state index is 13.8. The Labute approximate surface area is 262 Å². The van der Waals surface area contributed by atoms with Crippen LogP contribution in [-0.4, -0.2) is 41.2 Å². The summed E-state index contributed by atoms with van der Waals surface area (Å²) >= 11 is 5.74. The lowest BCUT2D eigenvalue weighted by molar-refractivity contribution is -0.752. The van der Waals surface area contributed by atoms with Gasteiger partial charge in [0.1, 0.15) is 19.6 Å². The molecule has 0 radical (unpaired) electrons. The summed E-state index contributed by atoms with van der Waals surface area (Å²) in [4.78, 5) is 40.2. The van der Waals surface area contributed by atoms with Crippen LogP contribution < -0.4 is 25.7 Å². The van der Waals surface area contributed by atoms with E-state index in [1.807, 2.05) is 26.0 Å². The first kappa shape index (κ1) is 31.2. The van der Waals surface area contributed by atoms with E-state index >= 15 is 0 Å². The number of thiocarbonyl (C=S) groups is 1. The summed E-state index contributed by atoms with van der Waals surface area (Å²) in [5.41, 5.74) is 2.35. The Balaban J connectivity index is 1.48. The first-order chi connectivity index (χ1) is 21.3. The number of nitrogens with zero attached hydrogens (tertiary/aromatic N) is 6. The third kappa shape index (κ3) is 6.66. The van der Waals surface area contributed by atoms with Gasteiger partial charge in [0, 0.05) is 17.8 Å². The molecule has 16 heteroatoms. The summed E-state index contributed by atoms with van der Waals surface area (Å²) < 4.78 is 36.6. The summed E-state index contributed by atoms with van der Waals surface area (Å²) in [7, 11) is -2.67. The summed E-state index contributed by atoms with van der Waals surface area (Å²) in [5.74, 6) is -1.03. The highest BCUT2D eigenvalue weighted by Crippen LogP contribution is 2.29. The second kappa shape index (κ2) is 12.4. The van der Waals surface area contributed by atoms with Crippen LogP contribution in [0.25, 0.3) is 0 Å². The van der Waals surface area contributed by atoms with Crippen molar-refractivity contribution in [3.05, 3.63) is 105 Å². The Kier molecular flexibility index (Phi) is 8.61. The molecule has 2 heterocycles. The third-order valence-electron chi connectivity index (χ3n) is 7.08. The van der Waals surface area contributed by atoms with Gasteiger partial charge < -0.3 is 14.7 Å². The minimum atomic E-state index is -4.19. The number of aromatic nitrogens is 2. The van der Waals surface area contributed by atoms with E-state index in [0.29, 0.717) is 11.4 Å². The van der Waals surface area contributed by atoms with Crippen molar-refractivity contribution in [3.8, 4) is 0 Å². The number of anilines is 2. The number of nitrogens with one attached hydrogen (secondary N) is 1. The quantitative estimate of drug-likeness (QED) is 0.123. The van der Waals surface area contributed by atoms with Crippen LogP contribution in [0.4, 0.5) is 17.1 Å². The molecule has 0 saturated carbocycles. The molecular formula is C29H27N7O7S2. The van der Waals surface area contributed by atoms with Crippen molar-refractivity contribution < 1.29 is 32.1 Å². The van der Waals surface area contributed by atoms with E-state index in [1.165, 1.54) is 57.9 Å². The van der Waals surface area contributed by atoms with Crippen molar-refractivity contribution in [3.63, 3.8) is 0 Å². The first-order valence-electron chi connectivity index (χ1n) is 13.5. The molecule has 45 heavy (non-hydrogen) atoms. The van der Waals surface area contributed by atoms with E-state index < -0.39 is 32.8 Å². The number of amides is 2. The molecule has 0 spiro atoms. The molecule has 1 atom stereocenters. The fraction of sp³-hybridized carbons (Fsp3) is 0.207. The SMILES string of the molecule is Cc1ccc(N2C(=O)C(CC(=O)Nc3ccc([N+](=O)[O-])cc3)N(Cc3/c(=N/S(=O)(=O)c4ccc(C)cc4)o[n-][n+]3C)C2=S)cc1. The lowest BCUT2D eigenvalue weighted by atomic mass is 10.1. The van der Waals surface area contributed by atoms with Crippen LogP contribution in [0.15, 0.2) is 86.6 Å². The highest BCUT2D eigenvalue weighted by atomic mass is 32.2. The fourth-order valence-corrected chi connectivity index (χ4v) is 5.94. The standard InChI is InChI=1S/C29H27N7O7S2/c1-18-4-10-21(11-5-18)35-28(38)24(16-26(37)30-20-8-12-22(13-9-20)36(39)40)34(29(35)44)17-25-27(43-32-33(25)3)31-45(41,42)23-14-6-19(2)7-15-23/h4-15,24H,16-17H2,1-3H3,(H,30,37)/b31-27-. The Morgan fingerprint density at radius 1 is 1.07 bits per heavy atom. The molecule has 1 fully saturated rings. The molecule has 1 saturated heterocycles.